The van der Waals surface area contributed by atoms with Crippen LogP contribution in [-0.4, -0.2) is 4.57 Å². The Balaban J connectivity index is 1.12. The van der Waals surface area contributed by atoms with Gasteiger partial charge in [-0.15, -0.1) is 0 Å². The van der Waals surface area contributed by atoms with Gasteiger partial charge >= 0.3 is 0 Å². The Labute approximate surface area is 297 Å². The Morgan fingerprint density at radius 1 is 0.255 bits per heavy atom. The number of aromatic nitrogens is 1. The summed E-state index contributed by atoms with van der Waals surface area (Å²) in [4.78, 5) is 0. The van der Waals surface area contributed by atoms with Gasteiger partial charge in [-0.3, -0.25) is 0 Å². The molecule has 51 heavy (non-hydrogen) atoms. The van der Waals surface area contributed by atoms with Gasteiger partial charge in [-0.2, -0.15) is 0 Å². The molecular formula is C50H33N. The summed E-state index contributed by atoms with van der Waals surface area (Å²) in [5, 5.41) is 7.57. The van der Waals surface area contributed by atoms with Crippen LogP contribution >= 0.6 is 0 Å². The van der Waals surface area contributed by atoms with Gasteiger partial charge in [0, 0.05) is 16.5 Å². The third-order valence-corrected chi connectivity index (χ3v) is 10.4. The van der Waals surface area contributed by atoms with E-state index >= 15 is 0 Å². The molecule has 0 amide bonds. The van der Waals surface area contributed by atoms with Crippen molar-refractivity contribution in [2.45, 2.75) is 0 Å². The van der Waals surface area contributed by atoms with Crippen LogP contribution in [0.3, 0.4) is 0 Å². The van der Waals surface area contributed by atoms with E-state index in [4.69, 9.17) is 0 Å². The maximum atomic E-state index is 2.44. The highest BCUT2D eigenvalue weighted by atomic mass is 15.0. The van der Waals surface area contributed by atoms with Crippen molar-refractivity contribution in [2.75, 3.05) is 0 Å². The first-order valence-electron chi connectivity index (χ1n) is 17.6. The zero-order valence-electron chi connectivity index (χ0n) is 28.0. The molecule has 0 radical (unpaired) electrons. The van der Waals surface area contributed by atoms with Crippen LogP contribution < -0.4 is 0 Å². The highest BCUT2D eigenvalue weighted by Crippen LogP contribution is 2.38. The van der Waals surface area contributed by atoms with Crippen LogP contribution in [-0.2, 0) is 0 Å². The van der Waals surface area contributed by atoms with Gasteiger partial charge in [-0.05, 0) is 90.3 Å². The molecule has 10 rings (SSSR count). The summed E-state index contributed by atoms with van der Waals surface area (Å²) in [6.45, 7) is 0. The van der Waals surface area contributed by atoms with Crippen molar-refractivity contribution in [2.24, 2.45) is 0 Å². The summed E-state index contributed by atoms with van der Waals surface area (Å²) < 4.78 is 2.44. The summed E-state index contributed by atoms with van der Waals surface area (Å²) in [5.41, 5.74) is 13.3. The van der Waals surface area contributed by atoms with Gasteiger partial charge in [0.25, 0.3) is 0 Å². The van der Waals surface area contributed by atoms with Gasteiger partial charge in [0.2, 0.25) is 0 Å². The molecule has 0 unspecified atom stereocenters. The predicted molar refractivity (Wildman–Crippen MR) is 218 cm³/mol. The lowest BCUT2D eigenvalue weighted by Crippen LogP contribution is -1.94. The summed E-state index contributed by atoms with van der Waals surface area (Å²) >= 11 is 0. The van der Waals surface area contributed by atoms with E-state index in [2.05, 4.69) is 205 Å². The van der Waals surface area contributed by atoms with Crippen LogP contribution in [0.25, 0.3) is 93.5 Å². The standard InChI is InChI=1S/C50H33N/c1-2-10-34(11-3-1)40-26-30-47-48-31-27-41(35-20-22-38(23-21-35)45-18-8-14-36-12-4-6-16-43(36)45)33-50(48)51(49(47)32-40)42-28-24-39(25-29-42)46-19-9-15-37-13-5-7-17-44(37)46/h1-33H. The van der Waals surface area contributed by atoms with Crippen LogP contribution in [0.15, 0.2) is 200 Å². The molecule has 0 fully saturated rings. The lowest BCUT2D eigenvalue weighted by atomic mass is 9.96. The number of hydrogen-bond acceptors (Lipinski definition) is 0. The molecular weight excluding hydrogens is 615 g/mol. The van der Waals surface area contributed by atoms with Gasteiger partial charge in [-0.25, -0.2) is 0 Å². The Morgan fingerprint density at radius 2 is 0.667 bits per heavy atom. The van der Waals surface area contributed by atoms with Crippen molar-refractivity contribution >= 4 is 43.4 Å². The van der Waals surface area contributed by atoms with E-state index in [9.17, 15) is 0 Å². The summed E-state index contributed by atoms with van der Waals surface area (Å²) in [7, 11) is 0. The number of fused-ring (bicyclic) bond motifs is 5. The van der Waals surface area contributed by atoms with Crippen molar-refractivity contribution in [3.63, 3.8) is 0 Å². The molecule has 0 bridgehead atoms. The Hall–Kier alpha value is -6.70. The van der Waals surface area contributed by atoms with Crippen LogP contribution in [0, 0.1) is 0 Å². The van der Waals surface area contributed by atoms with Crippen LogP contribution in [0.5, 0.6) is 0 Å². The molecule has 0 saturated heterocycles. The highest BCUT2D eigenvalue weighted by Gasteiger charge is 2.16. The molecule has 0 saturated carbocycles. The number of hydrogen-bond donors (Lipinski definition) is 0. The van der Waals surface area contributed by atoms with Gasteiger partial charge in [0.15, 0.2) is 0 Å². The van der Waals surface area contributed by atoms with E-state index in [1.54, 1.807) is 0 Å². The molecule has 1 nitrogen and oxygen atoms in total. The molecule has 0 aliphatic carbocycles. The molecule has 0 spiro atoms. The van der Waals surface area contributed by atoms with Crippen molar-refractivity contribution < 1.29 is 0 Å². The van der Waals surface area contributed by atoms with E-state index < -0.39 is 0 Å². The molecule has 0 aliphatic rings. The molecule has 1 aromatic heterocycles. The maximum absolute atomic E-state index is 2.44. The average molecular weight is 648 g/mol. The van der Waals surface area contributed by atoms with E-state index in [1.807, 2.05) is 0 Å². The van der Waals surface area contributed by atoms with Gasteiger partial charge in [0.1, 0.15) is 0 Å². The molecule has 0 atom stereocenters. The van der Waals surface area contributed by atoms with Gasteiger partial charge in [-0.1, -0.05) is 176 Å². The lowest BCUT2D eigenvalue weighted by molar-refractivity contribution is 1.18. The monoisotopic (exact) mass is 647 g/mol. The molecule has 1 heteroatoms. The van der Waals surface area contributed by atoms with Gasteiger partial charge < -0.3 is 4.57 Å². The van der Waals surface area contributed by atoms with E-state index in [0.29, 0.717) is 0 Å². The van der Waals surface area contributed by atoms with Crippen molar-refractivity contribution in [3.05, 3.63) is 200 Å². The molecule has 0 aliphatic heterocycles. The van der Waals surface area contributed by atoms with E-state index in [0.717, 1.165) is 5.69 Å². The van der Waals surface area contributed by atoms with Crippen LogP contribution in [0.2, 0.25) is 0 Å². The average Bonchev–Trinajstić information content (AvgIpc) is 3.54. The molecule has 0 N–H and O–H groups in total. The summed E-state index contributed by atoms with van der Waals surface area (Å²) in [6, 6.07) is 73.0. The second-order valence-corrected chi connectivity index (χ2v) is 13.3. The predicted octanol–water partition coefficient (Wildman–Crippen LogP) is 13.8. The van der Waals surface area contributed by atoms with Crippen molar-refractivity contribution in [1.82, 2.24) is 4.57 Å². The zero-order valence-corrected chi connectivity index (χ0v) is 28.0. The first kappa shape index (κ1) is 29.2. The fourth-order valence-electron chi connectivity index (χ4n) is 7.87. The third kappa shape index (κ3) is 5.02. The first-order chi connectivity index (χ1) is 25.3. The second-order valence-electron chi connectivity index (χ2n) is 13.3. The topological polar surface area (TPSA) is 4.93 Å². The third-order valence-electron chi connectivity index (χ3n) is 10.4. The van der Waals surface area contributed by atoms with Gasteiger partial charge in [0.05, 0.1) is 11.0 Å². The highest BCUT2D eigenvalue weighted by molar-refractivity contribution is 6.11. The molecule has 238 valence electrons. The minimum absolute atomic E-state index is 1.15. The summed E-state index contributed by atoms with van der Waals surface area (Å²) in [6.07, 6.45) is 0. The van der Waals surface area contributed by atoms with E-state index in [-0.39, 0.29) is 0 Å². The first-order valence-corrected chi connectivity index (χ1v) is 17.6. The largest absolute Gasteiger partial charge is 0.309 e. The zero-order chi connectivity index (χ0) is 33.7. The number of rotatable bonds is 5. The fourth-order valence-corrected chi connectivity index (χ4v) is 7.87. The Morgan fingerprint density at radius 3 is 1.22 bits per heavy atom. The second kappa shape index (κ2) is 12.0. The number of nitrogens with zero attached hydrogens (tertiary/aromatic N) is 1. The smallest absolute Gasteiger partial charge is 0.0547 e. The van der Waals surface area contributed by atoms with Crippen molar-refractivity contribution in [1.29, 1.82) is 0 Å². The maximum Gasteiger partial charge on any atom is 0.0547 e. The molecule has 10 aromatic rings. The normalized spacial score (nSPS) is 11.5. The lowest BCUT2D eigenvalue weighted by Gasteiger charge is -2.12. The SMILES string of the molecule is c1ccc(-c2ccc3c4ccc(-c5ccc(-c6cccc7ccccc67)cc5)cc4n(-c4ccc(-c5cccc6ccccc56)cc4)c3c2)cc1. The summed E-state index contributed by atoms with van der Waals surface area (Å²) in [5.74, 6) is 0. The molecule has 1 heterocycles. The van der Waals surface area contributed by atoms with Crippen LogP contribution in [0.4, 0.5) is 0 Å². The number of benzene rings is 9. The fraction of sp³-hybridized carbons (Fsp3) is 0. The minimum atomic E-state index is 1.15. The quantitative estimate of drug-likeness (QED) is 0.175. The van der Waals surface area contributed by atoms with E-state index in [1.165, 1.54) is 87.9 Å². The Bertz CT molecular complexity index is 2870. The minimum Gasteiger partial charge on any atom is -0.309 e. The van der Waals surface area contributed by atoms with Crippen molar-refractivity contribution in [3.8, 4) is 50.2 Å². The molecule has 9 aromatic carbocycles. The Kier molecular flexibility index (Phi) is 6.89. The van der Waals surface area contributed by atoms with Crippen LogP contribution in [0.1, 0.15) is 0 Å².